The molecule has 0 radical (unpaired) electrons. The Morgan fingerprint density at radius 1 is 0.886 bits per heavy atom. The number of benzene rings is 3. The lowest BCUT2D eigenvalue weighted by molar-refractivity contribution is -0.729. The van der Waals surface area contributed by atoms with E-state index in [2.05, 4.69) is 0 Å². The fraction of sp³-hybridized carbons (Fsp3) is 0.192. The lowest BCUT2D eigenvalue weighted by Crippen LogP contribution is -2.99. The van der Waals surface area contributed by atoms with Gasteiger partial charge in [0.25, 0.3) is 0 Å². The number of carbonyl (C=O) groups is 3. The summed E-state index contributed by atoms with van der Waals surface area (Å²) in [6.07, 6.45) is 0. The smallest absolute Gasteiger partial charge is 0.365 e. The molecule has 6 nitrogen and oxygen atoms in total. The Labute approximate surface area is 204 Å². The van der Waals surface area contributed by atoms with Crippen molar-refractivity contribution in [1.82, 2.24) is 0 Å². The molecule has 2 heterocycles. The first-order valence-corrected chi connectivity index (χ1v) is 11.2. The molecule has 35 heavy (non-hydrogen) atoms. The first kappa shape index (κ1) is 23.1. The van der Waals surface area contributed by atoms with E-state index in [1.165, 1.54) is 55.6 Å². The highest BCUT2D eigenvalue weighted by Gasteiger charge is 2.72. The number of rotatable bonds is 4. The number of ether oxygens (including phenoxy) is 1. The van der Waals surface area contributed by atoms with E-state index < -0.39 is 52.8 Å². The topological polar surface area (TPSA) is 80.3 Å². The molecule has 2 fully saturated rings. The van der Waals surface area contributed by atoms with E-state index in [9.17, 15) is 23.2 Å². The number of amides is 2. The van der Waals surface area contributed by atoms with Crippen LogP contribution in [0.4, 0.5) is 14.5 Å². The van der Waals surface area contributed by atoms with Crippen LogP contribution in [0.5, 0.6) is 0 Å². The molecule has 0 bridgehead atoms. The van der Waals surface area contributed by atoms with Crippen LogP contribution < -0.4 is 10.2 Å². The van der Waals surface area contributed by atoms with Crippen LogP contribution in [0, 0.1) is 23.5 Å². The Morgan fingerprint density at radius 3 is 1.89 bits per heavy atom. The zero-order valence-electron chi connectivity index (χ0n) is 18.5. The highest BCUT2D eigenvalue weighted by molar-refractivity contribution is 6.31. The number of quaternary nitrogens is 1. The van der Waals surface area contributed by atoms with Gasteiger partial charge in [0.2, 0.25) is 11.8 Å². The molecule has 3 aromatic rings. The van der Waals surface area contributed by atoms with Crippen LogP contribution in [0.2, 0.25) is 5.02 Å². The monoisotopic (exact) mass is 497 g/mol. The van der Waals surface area contributed by atoms with Crippen LogP contribution in [-0.4, -0.2) is 30.9 Å². The molecule has 0 aliphatic carbocycles. The van der Waals surface area contributed by atoms with Crippen LogP contribution in [0.25, 0.3) is 0 Å². The number of hydrogen-bond donors (Lipinski definition) is 1. The fourth-order valence-corrected chi connectivity index (χ4v) is 5.51. The molecule has 9 heteroatoms. The summed E-state index contributed by atoms with van der Waals surface area (Å²) in [5.74, 6) is -4.85. The summed E-state index contributed by atoms with van der Waals surface area (Å²) in [6.45, 7) is 0. The van der Waals surface area contributed by atoms with Crippen molar-refractivity contribution in [3.63, 3.8) is 0 Å². The first-order chi connectivity index (χ1) is 16.8. The summed E-state index contributed by atoms with van der Waals surface area (Å²) in [6, 6.07) is 16.2. The molecule has 2 N–H and O–H groups in total. The van der Waals surface area contributed by atoms with Crippen LogP contribution in [0.15, 0.2) is 72.8 Å². The molecule has 0 spiro atoms. The van der Waals surface area contributed by atoms with Gasteiger partial charge in [0, 0.05) is 16.1 Å². The van der Waals surface area contributed by atoms with Gasteiger partial charge in [-0.05, 0) is 72.8 Å². The molecule has 2 amide bonds. The zero-order chi connectivity index (χ0) is 24.9. The van der Waals surface area contributed by atoms with E-state index >= 15 is 0 Å². The number of esters is 1. The van der Waals surface area contributed by atoms with Crippen molar-refractivity contribution in [1.29, 1.82) is 0 Å². The first-order valence-electron chi connectivity index (χ1n) is 10.9. The molecule has 2 aliphatic heterocycles. The van der Waals surface area contributed by atoms with Crippen LogP contribution in [-0.2, 0) is 24.7 Å². The van der Waals surface area contributed by atoms with Gasteiger partial charge >= 0.3 is 5.97 Å². The molecular formula is C26H20ClF2N2O4+. The predicted octanol–water partition coefficient (Wildman–Crippen LogP) is 2.79. The lowest BCUT2D eigenvalue weighted by Gasteiger charge is -2.32. The van der Waals surface area contributed by atoms with E-state index in [0.29, 0.717) is 21.8 Å². The van der Waals surface area contributed by atoms with E-state index in [4.69, 9.17) is 16.3 Å². The number of nitrogens with two attached hydrogens (primary N) is 1. The van der Waals surface area contributed by atoms with E-state index in [0.717, 1.165) is 4.90 Å². The Morgan fingerprint density at radius 2 is 1.40 bits per heavy atom. The number of fused-ring (bicyclic) bond motifs is 1. The normalized spacial score (nSPS) is 22.9. The van der Waals surface area contributed by atoms with Gasteiger partial charge in [-0.15, -0.1) is 0 Å². The maximum Gasteiger partial charge on any atom is 0.365 e. The molecule has 3 atom stereocenters. The molecule has 0 unspecified atom stereocenters. The maximum absolute atomic E-state index is 14.0. The van der Waals surface area contributed by atoms with Gasteiger partial charge in [0.15, 0.2) is 11.6 Å². The van der Waals surface area contributed by atoms with Crippen molar-refractivity contribution in [3.8, 4) is 0 Å². The highest BCUT2D eigenvalue weighted by atomic mass is 35.5. The van der Waals surface area contributed by atoms with Gasteiger partial charge in [-0.2, -0.15) is 0 Å². The third-order valence-electron chi connectivity index (χ3n) is 6.87. The van der Waals surface area contributed by atoms with Crippen molar-refractivity contribution < 1.29 is 33.2 Å². The van der Waals surface area contributed by atoms with E-state index in [1.54, 1.807) is 29.6 Å². The van der Waals surface area contributed by atoms with Gasteiger partial charge in [0.05, 0.1) is 12.8 Å². The summed E-state index contributed by atoms with van der Waals surface area (Å²) in [5, 5.41) is 2.05. The molecule has 0 saturated carbocycles. The second-order valence-corrected chi connectivity index (χ2v) is 9.03. The Bertz CT molecular complexity index is 1270. The molecule has 2 aliphatic rings. The van der Waals surface area contributed by atoms with Gasteiger partial charge in [-0.1, -0.05) is 11.6 Å². The largest absolute Gasteiger partial charge is 0.465 e. The van der Waals surface area contributed by atoms with Gasteiger partial charge in [-0.3, -0.25) is 9.59 Å². The van der Waals surface area contributed by atoms with E-state index in [-0.39, 0.29) is 0 Å². The maximum atomic E-state index is 14.0. The standard InChI is InChI=1S/C26H19ClF2N2O4/c1-35-25(34)22-20-21(24(33)31(23(20)32)19-12-6-16(27)7-13-19)26(30-22,14-2-8-17(28)9-3-14)15-4-10-18(29)11-5-15/h2-13,20-22,30H,1H3/p+1/t20-,21-,22+/m0/s1. The highest BCUT2D eigenvalue weighted by Crippen LogP contribution is 2.48. The summed E-state index contributed by atoms with van der Waals surface area (Å²) in [7, 11) is 1.21. The Kier molecular flexibility index (Phi) is 5.65. The minimum atomic E-state index is -1.32. The summed E-state index contributed by atoms with van der Waals surface area (Å²) in [4.78, 5) is 41.6. The fourth-order valence-electron chi connectivity index (χ4n) is 5.39. The molecule has 2 saturated heterocycles. The Hall–Kier alpha value is -3.62. The summed E-state index contributed by atoms with van der Waals surface area (Å²) < 4.78 is 32.7. The van der Waals surface area contributed by atoms with Gasteiger partial charge in [-0.25, -0.2) is 18.5 Å². The molecule has 5 rings (SSSR count). The number of hydrogen-bond acceptors (Lipinski definition) is 4. The molecule has 178 valence electrons. The van der Waals surface area contributed by atoms with Crippen molar-refractivity contribution >= 4 is 35.1 Å². The molecule has 3 aromatic carbocycles. The van der Waals surface area contributed by atoms with Crippen molar-refractivity contribution in [2.45, 2.75) is 11.6 Å². The Balaban J connectivity index is 1.75. The quantitative estimate of drug-likeness (QED) is 0.444. The van der Waals surface area contributed by atoms with E-state index in [1.807, 2.05) is 0 Å². The van der Waals surface area contributed by atoms with Crippen LogP contribution in [0.1, 0.15) is 11.1 Å². The SMILES string of the molecule is COC(=O)[C@@H]1[NH2+]C(c2ccc(F)cc2)(c2ccc(F)cc2)[C@@H]2C(=O)N(c3ccc(Cl)cc3)C(=O)[C@@H]21. The number of anilines is 1. The number of halogens is 3. The number of imide groups is 1. The average Bonchev–Trinajstić information content (AvgIpc) is 3.35. The number of nitrogens with zero attached hydrogens (tertiary/aromatic N) is 1. The second kappa shape index (κ2) is 8.55. The summed E-state index contributed by atoms with van der Waals surface area (Å²) in [5.41, 5.74) is -0.0228. The minimum Gasteiger partial charge on any atom is -0.465 e. The van der Waals surface area contributed by atoms with Crippen molar-refractivity contribution in [2.75, 3.05) is 12.0 Å². The molecule has 0 aromatic heterocycles. The van der Waals surface area contributed by atoms with Crippen LogP contribution in [0.3, 0.4) is 0 Å². The lowest BCUT2D eigenvalue weighted by atomic mass is 9.71. The summed E-state index contributed by atoms with van der Waals surface area (Å²) >= 11 is 5.99. The van der Waals surface area contributed by atoms with Crippen molar-refractivity contribution in [2.24, 2.45) is 11.8 Å². The molecular weight excluding hydrogens is 478 g/mol. The number of methoxy groups -OCH3 is 1. The third-order valence-corrected chi connectivity index (χ3v) is 7.12. The minimum absolute atomic E-state index is 0.314. The third kappa shape index (κ3) is 3.52. The predicted molar refractivity (Wildman–Crippen MR) is 122 cm³/mol. The average molecular weight is 498 g/mol. The van der Waals surface area contributed by atoms with Crippen LogP contribution >= 0.6 is 11.6 Å². The number of carbonyl (C=O) groups excluding carboxylic acids is 3. The van der Waals surface area contributed by atoms with Gasteiger partial charge < -0.3 is 10.1 Å². The van der Waals surface area contributed by atoms with Crippen molar-refractivity contribution in [3.05, 3.63) is 101 Å². The zero-order valence-corrected chi connectivity index (χ0v) is 19.2. The second-order valence-electron chi connectivity index (χ2n) is 8.59. The van der Waals surface area contributed by atoms with Gasteiger partial charge in [0.1, 0.15) is 23.5 Å².